The van der Waals surface area contributed by atoms with E-state index in [2.05, 4.69) is 5.32 Å². The van der Waals surface area contributed by atoms with Crippen LogP contribution in [0.25, 0.3) is 0 Å². The first kappa shape index (κ1) is 32.9. The van der Waals surface area contributed by atoms with Gasteiger partial charge in [0.05, 0.1) is 16.6 Å². The van der Waals surface area contributed by atoms with Gasteiger partial charge in [0, 0.05) is 6.42 Å². The minimum absolute atomic E-state index is 0.189. The van der Waals surface area contributed by atoms with Crippen LogP contribution in [-0.2, 0) is 34.7 Å². The maximum atomic E-state index is 13.5. The van der Waals surface area contributed by atoms with Gasteiger partial charge in [0.15, 0.2) is 17.9 Å². The molecule has 0 radical (unpaired) electrons. The summed E-state index contributed by atoms with van der Waals surface area (Å²) < 4.78 is 24.8. The number of ether oxygens (including phenoxy) is 2. The highest BCUT2D eigenvalue weighted by Crippen LogP contribution is 2.36. The molecule has 4 aromatic rings. The van der Waals surface area contributed by atoms with Crippen molar-refractivity contribution in [1.29, 1.82) is 0 Å². The van der Waals surface area contributed by atoms with E-state index in [0.29, 0.717) is 19.4 Å². The van der Waals surface area contributed by atoms with Crippen LogP contribution in [0.15, 0.2) is 133 Å². The van der Waals surface area contributed by atoms with Crippen LogP contribution in [0.1, 0.15) is 53.7 Å². The molecular weight excluding hydrogens is 628 g/mol. The van der Waals surface area contributed by atoms with Gasteiger partial charge >= 0.3 is 11.9 Å². The topological polar surface area (TPSA) is 122 Å². The number of nitrogens with zero attached hydrogens (tertiary/aromatic N) is 1. The second-order valence-corrected chi connectivity index (χ2v) is 13.1. The molecule has 0 spiro atoms. The molecule has 0 aliphatic carbocycles. The minimum atomic E-state index is -1.64. The Hall–Kier alpha value is -5.06. The van der Waals surface area contributed by atoms with Crippen molar-refractivity contribution >= 4 is 28.6 Å². The number of esters is 2. The van der Waals surface area contributed by atoms with Crippen molar-refractivity contribution in [3.05, 3.63) is 155 Å². The highest BCUT2D eigenvalue weighted by atomic mass is 32.2. The van der Waals surface area contributed by atoms with Gasteiger partial charge in [0.25, 0.3) is 0 Å². The van der Waals surface area contributed by atoms with Crippen LogP contribution in [0.4, 0.5) is 0 Å². The van der Waals surface area contributed by atoms with Crippen molar-refractivity contribution in [3.8, 4) is 0 Å². The standard InChI is InChI=1S/C38H36N2O7S/c41-30-25-48(45)37-32(39-24-14-13-23-31(42)46-34(26-15-5-1-6-16-26)27-17-7-2-8-18-27)36(43)40(37)33(30)38(44)47-35(28-19-9-3-10-20-28)29-21-11-4-12-22-29/h1-12,15-22,32,34-35,37,39,41H,13-14,23-25H2/t32-,37+,48?/m1/s1. The Bertz CT molecular complexity index is 1710. The SMILES string of the molecule is O=C(CCCCN[C@@H]1C(=O)N2C(C(=O)OC(c3ccccc3)c3ccccc3)=C(O)CS(=O)[C@@H]12)OC(c1ccccc1)c1ccccc1. The van der Waals surface area contributed by atoms with Crippen molar-refractivity contribution in [3.63, 3.8) is 0 Å². The summed E-state index contributed by atoms with van der Waals surface area (Å²) in [6.07, 6.45) is -0.0309. The summed E-state index contributed by atoms with van der Waals surface area (Å²) in [6, 6.07) is 36.7. The van der Waals surface area contributed by atoms with Crippen LogP contribution in [0.3, 0.4) is 0 Å². The molecule has 3 atom stereocenters. The maximum absolute atomic E-state index is 13.5. The molecule has 6 rings (SSSR count). The smallest absolute Gasteiger partial charge is 0.359 e. The average Bonchev–Trinajstić information content (AvgIpc) is 3.12. The highest BCUT2D eigenvalue weighted by Gasteiger charge is 2.57. The molecule has 9 nitrogen and oxygen atoms in total. The molecule has 0 bridgehead atoms. The van der Waals surface area contributed by atoms with Crippen molar-refractivity contribution < 1.29 is 33.2 Å². The maximum Gasteiger partial charge on any atom is 0.359 e. The lowest BCUT2D eigenvalue weighted by Crippen LogP contribution is -2.73. The Balaban J connectivity index is 1.04. The number of rotatable bonds is 13. The van der Waals surface area contributed by atoms with Crippen molar-refractivity contribution in [2.45, 2.75) is 42.9 Å². The van der Waals surface area contributed by atoms with Crippen LogP contribution in [0, 0.1) is 0 Å². The van der Waals surface area contributed by atoms with E-state index in [1.165, 1.54) is 0 Å². The number of fused-ring (bicyclic) bond motifs is 1. The van der Waals surface area contributed by atoms with Gasteiger partial charge in [-0.25, -0.2) is 4.79 Å². The summed E-state index contributed by atoms with van der Waals surface area (Å²) in [5.41, 5.74) is 2.93. The molecular formula is C38H36N2O7S. The number of aliphatic hydroxyl groups is 1. The Labute approximate surface area is 281 Å². The first-order valence-corrected chi connectivity index (χ1v) is 17.3. The van der Waals surface area contributed by atoms with E-state index in [4.69, 9.17) is 9.47 Å². The van der Waals surface area contributed by atoms with Gasteiger partial charge in [0.1, 0.15) is 17.2 Å². The third-order valence-electron chi connectivity index (χ3n) is 8.35. The zero-order chi connectivity index (χ0) is 33.5. The predicted octanol–water partition coefficient (Wildman–Crippen LogP) is 5.48. The molecule has 1 fully saturated rings. The number of benzene rings is 4. The normalized spacial score (nSPS) is 18.8. The Morgan fingerprint density at radius 1 is 0.750 bits per heavy atom. The number of hydrogen-bond donors (Lipinski definition) is 2. The predicted molar refractivity (Wildman–Crippen MR) is 181 cm³/mol. The number of amides is 1. The van der Waals surface area contributed by atoms with Crippen LogP contribution in [0.5, 0.6) is 0 Å². The lowest BCUT2D eigenvalue weighted by atomic mass is 10.0. The molecule has 0 saturated carbocycles. The van der Waals surface area contributed by atoms with E-state index in [0.717, 1.165) is 27.2 Å². The van der Waals surface area contributed by atoms with E-state index >= 15 is 0 Å². The minimum Gasteiger partial charge on any atom is -0.509 e. The van der Waals surface area contributed by atoms with Gasteiger partial charge in [-0.3, -0.25) is 18.7 Å². The second kappa shape index (κ2) is 15.2. The third-order valence-corrected chi connectivity index (χ3v) is 9.93. The summed E-state index contributed by atoms with van der Waals surface area (Å²) in [5.74, 6) is -2.39. The van der Waals surface area contributed by atoms with Crippen molar-refractivity contribution in [2.75, 3.05) is 12.3 Å². The van der Waals surface area contributed by atoms with Gasteiger partial charge in [-0.1, -0.05) is 121 Å². The third kappa shape index (κ3) is 7.25. The Morgan fingerprint density at radius 3 is 1.69 bits per heavy atom. The van der Waals surface area contributed by atoms with Gasteiger partial charge in [-0.2, -0.15) is 0 Å². The summed E-state index contributed by atoms with van der Waals surface area (Å²) in [4.78, 5) is 40.7. The molecule has 0 aromatic heterocycles. The van der Waals surface area contributed by atoms with Crippen LogP contribution < -0.4 is 5.32 Å². The van der Waals surface area contributed by atoms with E-state index in [-0.39, 0.29) is 23.8 Å². The van der Waals surface area contributed by atoms with Gasteiger partial charge < -0.3 is 19.9 Å². The summed E-state index contributed by atoms with van der Waals surface area (Å²) in [7, 11) is -1.64. The Kier molecular flexibility index (Phi) is 10.4. The highest BCUT2D eigenvalue weighted by molar-refractivity contribution is 7.86. The number of carbonyl (C=O) groups excluding carboxylic acids is 3. The Morgan fingerprint density at radius 2 is 1.21 bits per heavy atom. The van der Waals surface area contributed by atoms with Gasteiger partial charge in [0.2, 0.25) is 5.91 Å². The fourth-order valence-electron chi connectivity index (χ4n) is 5.98. The molecule has 2 aliphatic rings. The molecule has 1 amide bonds. The molecule has 48 heavy (non-hydrogen) atoms. The molecule has 2 heterocycles. The van der Waals surface area contributed by atoms with Gasteiger partial charge in [-0.15, -0.1) is 0 Å². The molecule has 1 saturated heterocycles. The number of aliphatic hydroxyl groups excluding tert-OH is 1. The quantitative estimate of drug-likeness (QED) is 0.110. The van der Waals surface area contributed by atoms with E-state index in [1.54, 1.807) is 0 Å². The van der Waals surface area contributed by atoms with Crippen LogP contribution >= 0.6 is 0 Å². The lowest BCUT2D eigenvalue weighted by Gasteiger charge is -2.48. The number of carbonyl (C=O) groups is 3. The second-order valence-electron chi connectivity index (χ2n) is 11.6. The number of nitrogens with one attached hydrogen (secondary N) is 1. The lowest BCUT2D eigenvalue weighted by molar-refractivity contribution is -0.154. The summed E-state index contributed by atoms with van der Waals surface area (Å²) in [5, 5.41) is 13.0. The van der Waals surface area contributed by atoms with E-state index in [1.807, 2.05) is 121 Å². The van der Waals surface area contributed by atoms with Crippen LogP contribution in [-0.4, -0.2) is 55.8 Å². The first-order chi connectivity index (χ1) is 23.4. The van der Waals surface area contributed by atoms with E-state index in [9.17, 15) is 23.7 Å². The van der Waals surface area contributed by atoms with Gasteiger partial charge in [-0.05, 0) is 41.6 Å². The van der Waals surface area contributed by atoms with Crippen molar-refractivity contribution in [1.82, 2.24) is 10.2 Å². The number of unbranched alkanes of at least 4 members (excludes halogenated alkanes) is 1. The molecule has 10 heteroatoms. The monoisotopic (exact) mass is 664 g/mol. The fourth-order valence-corrected chi connectivity index (χ4v) is 7.51. The molecule has 246 valence electrons. The molecule has 4 aromatic carbocycles. The number of β-lactam (4-membered cyclic amide) rings is 1. The summed E-state index contributed by atoms with van der Waals surface area (Å²) in [6.45, 7) is 0.381. The molecule has 2 N–H and O–H groups in total. The zero-order valence-corrected chi connectivity index (χ0v) is 27.0. The molecule has 2 aliphatic heterocycles. The van der Waals surface area contributed by atoms with Crippen LogP contribution in [0.2, 0.25) is 0 Å². The van der Waals surface area contributed by atoms with E-state index < -0.39 is 52.1 Å². The summed E-state index contributed by atoms with van der Waals surface area (Å²) >= 11 is 0. The number of hydrogen-bond acceptors (Lipinski definition) is 8. The van der Waals surface area contributed by atoms with Crippen molar-refractivity contribution in [2.24, 2.45) is 0 Å². The zero-order valence-electron chi connectivity index (χ0n) is 26.1. The molecule has 1 unspecified atom stereocenters. The average molecular weight is 665 g/mol. The first-order valence-electron chi connectivity index (χ1n) is 15.9. The largest absolute Gasteiger partial charge is 0.509 e. The fraction of sp³-hybridized carbons (Fsp3) is 0.237.